The highest BCUT2D eigenvalue weighted by molar-refractivity contribution is 8.00. The first-order valence-corrected chi connectivity index (χ1v) is 25.5. The van der Waals surface area contributed by atoms with E-state index in [1.54, 1.807) is 17.8 Å². The van der Waals surface area contributed by atoms with Gasteiger partial charge in [0.15, 0.2) is 0 Å². The molecule has 0 spiro atoms. The van der Waals surface area contributed by atoms with Crippen LogP contribution in [-0.4, -0.2) is 157 Å². The molecule has 8 rings (SSSR count). The minimum atomic E-state index is -3.43. The molecule has 6 atom stereocenters. The first kappa shape index (κ1) is 45.5. The van der Waals surface area contributed by atoms with Gasteiger partial charge < -0.3 is 20.3 Å². The van der Waals surface area contributed by atoms with Crippen LogP contribution in [-0.2, 0) is 34.0 Å². The van der Waals surface area contributed by atoms with Gasteiger partial charge in [0.1, 0.15) is 23.9 Å². The number of carbonyl (C=O) groups excluding carboxylic acids is 7. The summed E-state index contributed by atoms with van der Waals surface area (Å²) in [5.41, 5.74) is 0.0540. The number of imide groups is 2. The number of hydrogen-bond acceptors (Lipinski definition) is 13. The van der Waals surface area contributed by atoms with Crippen LogP contribution in [0.25, 0.3) is 0 Å². The number of fused-ring (bicyclic) bond motifs is 1. The van der Waals surface area contributed by atoms with Crippen LogP contribution >= 0.6 is 11.8 Å². The molecule has 4 N–H and O–H groups in total. The van der Waals surface area contributed by atoms with E-state index in [0.29, 0.717) is 37.9 Å². The van der Waals surface area contributed by atoms with Crippen LogP contribution in [0, 0.1) is 29.6 Å². The Morgan fingerprint density at radius 1 is 0.873 bits per heavy atom. The van der Waals surface area contributed by atoms with E-state index in [2.05, 4.69) is 26.2 Å². The van der Waals surface area contributed by atoms with Crippen LogP contribution in [0.15, 0.2) is 18.2 Å². The number of amides is 7. The minimum Gasteiger partial charge on any atom is -0.492 e. The molecule has 6 aliphatic heterocycles. The van der Waals surface area contributed by atoms with Crippen molar-refractivity contribution in [3.05, 3.63) is 29.3 Å². The number of hydrogen-bond donors (Lipinski definition) is 4. The average molecular weight is 913 g/mol. The largest absolute Gasteiger partial charge is 0.492 e. The summed E-state index contributed by atoms with van der Waals surface area (Å²) in [6, 6.07) is 3.79. The van der Waals surface area contributed by atoms with Gasteiger partial charge in [-0.25, -0.2) is 12.7 Å². The summed E-state index contributed by atoms with van der Waals surface area (Å²) < 4.78 is 32.1. The van der Waals surface area contributed by atoms with Gasteiger partial charge in [-0.15, -0.1) is 11.8 Å². The number of nitrogens with one attached hydrogen (secondary N) is 4. The highest BCUT2D eigenvalue weighted by Gasteiger charge is 2.46. The van der Waals surface area contributed by atoms with E-state index >= 15 is 0 Å². The van der Waals surface area contributed by atoms with Crippen LogP contribution in [0.4, 0.5) is 0 Å². The molecule has 1 aromatic carbocycles. The van der Waals surface area contributed by atoms with Crippen molar-refractivity contribution in [3.8, 4) is 5.75 Å². The maximum atomic E-state index is 13.8. The molecule has 1 saturated carbocycles. The first-order chi connectivity index (χ1) is 30.2. The zero-order chi connectivity index (χ0) is 44.4. The summed E-state index contributed by atoms with van der Waals surface area (Å²) in [4.78, 5) is 95.5. The fourth-order valence-electron chi connectivity index (χ4n) is 10.8. The fourth-order valence-corrected chi connectivity index (χ4v) is 12.9. The van der Waals surface area contributed by atoms with E-state index in [9.17, 15) is 42.0 Å². The third-order valence-corrected chi connectivity index (χ3v) is 16.7. The van der Waals surface area contributed by atoms with Gasteiger partial charge in [0.2, 0.25) is 39.6 Å². The van der Waals surface area contributed by atoms with Gasteiger partial charge in [0, 0.05) is 56.9 Å². The molecule has 20 heteroatoms. The molecule has 1 aromatic rings. The fraction of sp³-hybridized carbons (Fsp3) is 0.698. The summed E-state index contributed by atoms with van der Waals surface area (Å²) >= 11 is 1.61. The highest BCUT2D eigenvalue weighted by atomic mass is 32.2. The topological polar surface area (TPSA) is 224 Å². The Hall–Kier alpha value is -4.11. The van der Waals surface area contributed by atoms with Gasteiger partial charge in [0.25, 0.3) is 11.8 Å². The Kier molecular flexibility index (Phi) is 14.1. The van der Waals surface area contributed by atoms with Gasteiger partial charge in [-0.3, -0.25) is 54.0 Å². The quantitative estimate of drug-likeness (QED) is 0.201. The predicted molar refractivity (Wildman–Crippen MR) is 231 cm³/mol. The average Bonchev–Trinajstić information content (AvgIpc) is 4.00. The standard InChI is InChI=1S/C43H60N8O10S2/c1-63(59,60)50-23-32(26-6-3-2-4-7-26)33(24-50)38(54)44-21-37(53)47-43-45-34(25-62-43)28-8-5-15-49(22-28)40(56)27-13-16-48(17-14-27)18-19-61-29-9-10-30-31(20-29)42(58)51(41(30)57)35-11-12-36(52)46-39(35)55/h9-10,20,26-28,32-35,43,45H,2-8,11-19,21-25H2,1H3,(H,44,54)(H,47,53)(H,46,52,55). The van der Waals surface area contributed by atoms with Crippen molar-refractivity contribution >= 4 is 63.1 Å². The van der Waals surface area contributed by atoms with Crippen molar-refractivity contribution in [2.75, 3.05) is 71.0 Å². The molecule has 344 valence electrons. The molecule has 5 saturated heterocycles. The van der Waals surface area contributed by atoms with Gasteiger partial charge in [-0.05, 0) is 81.1 Å². The zero-order valence-electron chi connectivity index (χ0n) is 35.9. The maximum Gasteiger partial charge on any atom is 0.262 e. The van der Waals surface area contributed by atoms with Crippen molar-refractivity contribution < 1.29 is 46.7 Å². The normalized spacial score (nSPS) is 29.2. The molecule has 63 heavy (non-hydrogen) atoms. The van der Waals surface area contributed by atoms with Crippen molar-refractivity contribution in [2.24, 2.45) is 29.6 Å². The molecule has 1 aliphatic carbocycles. The van der Waals surface area contributed by atoms with E-state index in [4.69, 9.17) is 4.74 Å². The maximum absolute atomic E-state index is 13.8. The molecule has 0 radical (unpaired) electrons. The number of likely N-dealkylation sites (tertiary alicyclic amines) is 2. The third-order valence-electron chi connectivity index (χ3n) is 14.3. The van der Waals surface area contributed by atoms with Crippen LogP contribution < -0.4 is 26.0 Å². The lowest BCUT2D eigenvalue weighted by molar-refractivity contribution is -0.139. The summed E-state index contributed by atoms with van der Waals surface area (Å²) in [7, 11) is -3.43. The van der Waals surface area contributed by atoms with E-state index in [-0.39, 0.29) is 84.1 Å². The number of benzene rings is 1. The van der Waals surface area contributed by atoms with Crippen molar-refractivity contribution in [2.45, 2.75) is 88.2 Å². The number of sulfonamides is 1. The summed E-state index contributed by atoms with van der Waals surface area (Å²) in [6.07, 6.45) is 10.1. The molecule has 7 aliphatic rings. The van der Waals surface area contributed by atoms with Crippen molar-refractivity contribution in [1.82, 2.24) is 40.3 Å². The molecule has 6 fully saturated rings. The van der Waals surface area contributed by atoms with Gasteiger partial charge in [-0.1, -0.05) is 32.1 Å². The van der Waals surface area contributed by atoms with Gasteiger partial charge >= 0.3 is 0 Å². The second-order valence-electron chi connectivity index (χ2n) is 18.3. The molecule has 0 bridgehead atoms. The third kappa shape index (κ3) is 10.4. The van der Waals surface area contributed by atoms with E-state index in [1.165, 1.54) is 29.1 Å². The van der Waals surface area contributed by atoms with Crippen molar-refractivity contribution in [1.29, 1.82) is 0 Å². The Labute approximate surface area is 372 Å². The van der Waals surface area contributed by atoms with E-state index in [1.807, 2.05) is 4.90 Å². The number of rotatable bonds is 13. The summed E-state index contributed by atoms with van der Waals surface area (Å²) in [6.45, 7) is 4.19. The molecule has 6 heterocycles. The van der Waals surface area contributed by atoms with Crippen LogP contribution in [0.5, 0.6) is 5.75 Å². The molecular weight excluding hydrogens is 853 g/mol. The SMILES string of the molecule is CS(=O)(=O)N1CC(C(=O)NCC(=O)NC2NC(C3CCCN(C(=O)C4CCN(CCOc5ccc6c(c5)C(=O)N(C5CCC(=O)NC5=O)C6=O)CC4)C3)CS2)C(C2CCCCC2)C1. The Bertz CT molecular complexity index is 2080. The lowest BCUT2D eigenvalue weighted by atomic mass is 9.75. The number of thioether (sulfide) groups is 1. The lowest BCUT2D eigenvalue weighted by Crippen LogP contribution is -2.54. The summed E-state index contributed by atoms with van der Waals surface area (Å²) in [5.74, 6) is -1.39. The highest BCUT2D eigenvalue weighted by Crippen LogP contribution is 2.39. The summed E-state index contributed by atoms with van der Waals surface area (Å²) in [5, 5.41) is 11.5. The second-order valence-corrected chi connectivity index (χ2v) is 21.4. The number of ether oxygens (including phenoxy) is 1. The number of nitrogens with zero attached hydrogens (tertiary/aromatic N) is 4. The Morgan fingerprint density at radius 2 is 1.62 bits per heavy atom. The minimum absolute atomic E-state index is 0.0453. The van der Waals surface area contributed by atoms with Crippen molar-refractivity contribution in [3.63, 3.8) is 0 Å². The first-order valence-electron chi connectivity index (χ1n) is 22.6. The second kappa shape index (κ2) is 19.6. The van der Waals surface area contributed by atoms with Gasteiger partial charge in [0.05, 0.1) is 29.8 Å². The lowest BCUT2D eigenvalue weighted by Gasteiger charge is -2.39. The van der Waals surface area contributed by atoms with Crippen LogP contribution in [0.2, 0.25) is 0 Å². The smallest absolute Gasteiger partial charge is 0.262 e. The monoisotopic (exact) mass is 912 g/mol. The molecule has 18 nitrogen and oxygen atoms in total. The molecule has 7 amide bonds. The number of piperidine rings is 3. The molecule has 0 aromatic heterocycles. The van der Waals surface area contributed by atoms with E-state index < -0.39 is 45.6 Å². The van der Waals surface area contributed by atoms with Crippen LogP contribution in [0.3, 0.4) is 0 Å². The predicted octanol–water partition coefficient (Wildman–Crippen LogP) is 0.726. The molecule has 6 unspecified atom stereocenters. The van der Waals surface area contributed by atoms with Gasteiger partial charge in [-0.2, -0.15) is 0 Å². The van der Waals surface area contributed by atoms with Crippen LogP contribution in [0.1, 0.15) is 91.3 Å². The molecular formula is C43H60N8O10S2. The Balaban J connectivity index is 0.736. The number of carbonyl (C=O) groups is 7. The Morgan fingerprint density at radius 3 is 2.37 bits per heavy atom. The zero-order valence-corrected chi connectivity index (χ0v) is 37.5. The van der Waals surface area contributed by atoms with E-state index in [0.717, 1.165) is 81.7 Å².